The monoisotopic (exact) mass is 1000 g/mol. The summed E-state index contributed by atoms with van der Waals surface area (Å²) in [6, 6.07) is 54.5. The molecule has 6 N–H and O–H groups in total. The Hall–Kier alpha value is -6.66. The molecule has 0 aromatic heterocycles. The zero-order valence-corrected chi connectivity index (χ0v) is 45.0. The zero-order chi connectivity index (χ0) is 53.0. The molecule has 0 radical (unpaired) electrons. The van der Waals surface area contributed by atoms with Crippen LogP contribution in [-0.2, 0) is 32.5 Å². The predicted octanol–water partition coefficient (Wildman–Crippen LogP) is 16.3. The first-order valence-electron chi connectivity index (χ1n) is 27.7. The van der Waals surface area contributed by atoms with E-state index in [2.05, 4.69) is 133 Å². The Kier molecular flexibility index (Phi) is 13.7. The molecule has 0 aliphatic heterocycles. The van der Waals surface area contributed by atoms with Gasteiger partial charge in [-0.1, -0.05) is 133 Å². The SMILES string of the molecule is CC(C)(c1cc(C(C)(C)C2CCC(c3ccc(O)cc3)(c3ccc(O)cc3)CC2)cc(C(C)(C)C2CCC(c3ccc(O)cc3)(c3ccc(O)cc3)CC2)c1)C1CCC(c2ccc(O)cc2)(c2ccc(O)cc2)CC1. The van der Waals surface area contributed by atoms with Crippen LogP contribution in [0.5, 0.6) is 34.5 Å². The van der Waals surface area contributed by atoms with Gasteiger partial charge in [0, 0.05) is 16.2 Å². The molecule has 6 nitrogen and oxygen atoms in total. The molecule has 0 unspecified atom stereocenters. The van der Waals surface area contributed by atoms with Crippen molar-refractivity contribution in [1.29, 1.82) is 0 Å². The molecular weight excluding hydrogens is 925 g/mol. The Bertz CT molecular complexity index is 2560. The first-order chi connectivity index (χ1) is 35.7. The summed E-state index contributed by atoms with van der Waals surface area (Å²) in [4.78, 5) is 0. The lowest BCUT2D eigenvalue weighted by molar-refractivity contribution is 0.180. The Labute approximate surface area is 445 Å². The lowest BCUT2D eigenvalue weighted by Gasteiger charge is -2.49. The fraction of sp³-hybridized carbons (Fsp3) is 0.391. The second-order valence-corrected chi connectivity index (χ2v) is 24.8. The number of hydrogen-bond acceptors (Lipinski definition) is 6. The predicted molar refractivity (Wildman–Crippen MR) is 302 cm³/mol. The Morgan fingerprint density at radius 1 is 0.267 bits per heavy atom. The minimum atomic E-state index is -0.238. The molecule has 10 rings (SSSR count). The van der Waals surface area contributed by atoms with E-state index in [-0.39, 0.29) is 67.0 Å². The summed E-state index contributed by atoms with van der Waals surface area (Å²) >= 11 is 0. The molecule has 6 heteroatoms. The van der Waals surface area contributed by atoms with Crippen molar-refractivity contribution < 1.29 is 30.6 Å². The highest BCUT2D eigenvalue weighted by atomic mass is 16.3. The van der Waals surface area contributed by atoms with Gasteiger partial charge >= 0.3 is 0 Å². The van der Waals surface area contributed by atoms with Gasteiger partial charge in [0.15, 0.2) is 0 Å². The van der Waals surface area contributed by atoms with E-state index in [0.29, 0.717) is 17.8 Å². The molecule has 0 amide bonds. The largest absolute Gasteiger partial charge is 0.508 e. The molecule has 7 aromatic rings. The molecule has 0 heterocycles. The first kappa shape index (κ1) is 51.8. The standard InChI is InChI=1S/C69H78O6/c1-64(2,46-31-37-67(38-32-46,49-7-19-58(70)20-8-49)50-9-21-59(71)22-10-50)55-43-56(65(3,4)47-33-39-68(40-34-47,51-11-23-60(72)24-12-51)52-13-25-61(73)26-14-52)45-57(44-55)66(5,6)48-35-41-69(42-36-48,53-15-27-62(74)28-16-53)54-17-29-63(75)30-18-54/h7-30,43-48,70-75H,31-42H2,1-6H3. The maximum Gasteiger partial charge on any atom is 0.115 e. The highest BCUT2D eigenvalue weighted by Crippen LogP contribution is 2.57. The summed E-state index contributed by atoms with van der Waals surface area (Å²) in [5.41, 5.74) is 10.2. The molecular formula is C69H78O6. The van der Waals surface area contributed by atoms with Crippen LogP contribution in [0.2, 0.25) is 0 Å². The molecule has 0 atom stereocenters. The van der Waals surface area contributed by atoms with E-state index in [4.69, 9.17) is 0 Å². The number of aromatic hydroxyl groups is 6. The highest BCUT2D eigenvalue weighted by Gasteiger charge is 2.48. The normalized spacial score (nSPS) is 18.6. The van der Waals surface area contributed by atoms with Gasteiger partial charge in [-0.05, 0) is 234 Å². The quantitative estimate of drug-likeness (QED) is 0.0725. The van der Waals surface area contributed by atoms with Gasteiger partial charge in [-0.25, -0.2) is 0 Å². The summed E-state index contributed by atoms with van der Waals surface area (Å²) in [6.45, 7) is 14.9. The van der Waals surface area contributed by atoms with Crippen molar-refractivity contribution in [2.75, 3.05) is 0 Å². The summed E-state index contributed by atoms with van der Waals surface area (Å²) in [7, 11) is 0. The van der Waals surface area contributed by atoms with Gasteiger partial charge in [0.25, 0.3) is 0 Å². The van der Waals surface area contributed by atoms with Gasteiger partial charge in [-0.2, -0.15) is 0 Å². The van der Waals surface area contributed by atoms with Gasteiger partial charge in [0.05, 0.1) is 0 Å². The van der Waals surface area contributed by atoms with Gasteiger partial charge in [0.2, 0.25) is 0 Å². The average molecular weight is 1000 g/mol. The van der Waals surface area contributed by atoms with Crippen LogP contribution < -0.4 is 0 Å². The molecule has 0 bridgehead atoms. The lowest BCUT2D eigenvalue weighted by Crippen LogP contribution is -2.41. The van der Waals surface area contributed by atoms with Crippen molar-refractivity contribution in [3.63, 3.8) is 0 Å². The smallest absolute Gasteiger partial charge is 0.115 e. The summed E-state index contributed by atoms with van der Waals surface area (Å²) < 4.78 is 0. The van der Waals surface area contributed by atoms with Gasteiger partial charge in [0.1, 0.15) is 34.5 Å². The van der Waals surface area contributed by atoms with E-state index >= 15 is 0 Å². The van der Waals surface area contributed by atoms with Crippen molar-refractivity contribution in [2.45, 2.75) is 151 Å². The van der Waals surface area contributed by atoms with Crippen LogP contribution in [0.15, 0.2) is 164 Å². The van der Waals surface area contributed by atoms with Crippen LogP contribution in [0.1, 0.15) is 169 Å². The third-order valence-electron chi connectivity index (χ3n) is 20.3. The second kappa shape index (κ2) is 19.8. The number of phenols is 6. The molecule has 0 saturated heterocycles. The molecule has 390 valence electrons. The van der Waals surface area contributed by atoms with Crippen molar-refractivity contribution in [3.05, 3.63) is 214 Å². The molecule has 3 saturated carbocycles. The topological polar surface area (TPSA) is 121 Å². The summed E-state index contributed by atoms with van der Waals surface area (Å²) in [6.07, 6.45) is 11.9. The minimum Gasteiger partial charge on any atom is -0.508 e. The lowest BCUT2D eigenvalue weighted by atomic mass is 9.55. The molecule has 75 heavy (non-hydrogen) atoms. The number of phenolic OH excluding ortho intramolecular Hbond substituents is 6. The van der Waals surface area contributed by atoms with E-state index in [1.165, 1.54) is 50.1 Å². The van der Waals surface area contributed by atoms with Crippen LogP contribution in [-0.4, -0.2) is 30.6 Å². The van der Waals surface area contributed by atoms with Crippen LogP contribution >= 0.6 is 0 Å². The van der Waals surface area contributed by atoms with Gasteiger partial charge in [-0.3, -0.25) is 0 Å². The van der Waals surface area contributed by atoms with E-state index < -0.39 is 0 Å². The summed E-state index contributed by atoms with van der Waals surface area (Å²) in [5.74, 6) is 2.81. The number of rotatable bonds is 12. The first-order valence-corrected chi connectivity index (χ1v) is 27.7. The number of benzene rings is 7. The third kappa shape index (κ3) is 9.57. The third-order valence-corrected chi connectivity index (χ3v) is 20.3. The molecule has 3 aliphatic rings. The molecule has 3 fully saturated rings. The average Bonchev–Trinajstić information content (AvgIpc) is 3.42. The van der Waals surface area contributed by atoms with E-state index in [1.54, 1.807) is 0 Å². The Balaban J connectivity index is 1.00. The van der Waals surface area contributed by atoms with E-state index in [1.807, 2.05) is 72.8 Å². The van der Waals surface area contributed by atoms with Crippen LogP contribution in [0.3, 0.4) is 0 Å². The van der Waals surface area contributed by atoms with Crippen LogP contribution in [0.25, 0.3) is 0 Å². The van der Waals surface area contributed by atoms with Crippen molar-refractivity contribution in [3.8, 4) is 34.5 Å². The van der Waals surface area contributed by atoms with Crippen LogP contribution in [0, 0.1) is 17.8 Å². The van der Waals surface area contributed by atoms with Crippen molar-refractivity contribution in [1.82, 2.24) is 0 Å². The Morgan fingerprint density at radius 2 is 0.413 bits per heavy atom. The number of hydrogen-bond donors (Lipinski definition) is 6. The molecule has 3 aliphatic carbocycles. The van der Waals surface area contributed by atoms with Gasteiger partial charge < -0.3 is 30.6 Å². The maximum absolute atomic E-state index is 10.4. The molecule has 0 spiro atoms. The maximum atomic E-state index is 10.4. The highest BCUT2D eigenvalue weighted by molar-refractivity contribution is 5.49. The van der Waals surface area contributed by atoms with Crippen molar-refractivity contribution >= 4 is 0 Å². The second-order valence-electron chi connectivity index (χ2n) is 24.8. The zero-order valence-electron chi connectivity index (χ0n) is 45.0. The Morgan fingerprint density at radius 3 is 0.560 bits per heavy atom. The molecule has 7 aromatic carbocycles. The van der Waals surface area contributed by atoms with Crippen LogP contribution in [0.4, 0.5) is 0 Å². The fourth-order valence-corrected chi connectivity index (χ4v) is 14.9. The fourth-order valence-electron chi connectivity index (χ4n) is 14.9. The van der Waals surface area contributed by atoms with Gasteiger partial charge in [-0.15, -0.1) is 0 Å². The van der Waals surface area contributed by atoms with E-state index in [9.17, 15) is 30.6 Å². The van der Waals surface area contributed by atoms with Crippen molar-refractivity contribution in [2.24, 2.45) is 17.8 Å². The summed E-state index contributed by atoms with van der Waals surface area (Å²) in [5, 5.41) is 62.1. The van der Waals surface area contributed by atoms with E-state index in [0.717, 1.165) is 77.0 Å². The minimum absolute atomic E-state index is 0.161.